The highest BCUT2D eigenvalue weighted by Crippen LogP contribution is 2.44. The van der Waals surface area contributed by atoms with Gasteiger partial charge < -0.3 is 9.84 Å². The maximum atomic E-state index is 13.6. The van der Waals surface area contributed by atoms with Crippen LogP contribution in [0.1, 0.15) is 24.0 Å². The number of anilines is 1. The summed E-state index contributed by atoms with van der Waals surface area (Å²) >= 11 is 1.89. The highest BCUT2D eigenvalue weighted by Gasteiger charge is 2.60. The Labute approximate surface area is 203 Å². The van der Waals surface area contributed by atoms with Crippen molar-refractivity contribution >= 4 is 34.0 Å². The van der Waals surface area contributed by atoms with E-state index < -0.39 is 72.1 Å². The van der Waals surface area contributed by atoms with E-state index in [4.69, 9.17) is 0 Å². The third-order valence-electron chi connectivity index (χ3n) is 4.70. The van der Waals surface area contributed by atoms with Crippen LogP contribution in [0.25, 0.3) is 0 Å². The molecule has 0 fully saturated rings. The quantitative estimate of drug-likeness (QED) is 0.158. The van der Waals surface area contributed by atoms with E-state index in [0.717, 1.165) is 0 Å². The molecule has 0 aromatic heterocycles. The number of ether oxygens (including phenoxy) is 1. The van der Waals surface area contributed by atoms with Gasteiger partial charge in [-0.15, -0.1) is 0 Å². The lowest BCUT2D eigenvalue weighted by molar-refractivity contribution is -0.237. The van der Waals surface area contributed by atoms with Crippen LogP contribution in [0.4, 0.5) is 58.4 Å². The fourth-order valence-corrected chi connectivity index (χ4v) is 3.71. The highest BCUT2D eigenvalue weighted by molar-refractivity contribution is 14.1. The fraction of sp³-hybridized carbons (Fsp3) is 0.611. The molecule has 3 atom stereocenters. The van der Waals surface area contributed by atoms with Gasteiger partial charge in [0.25, 0.3) is 0 Å². The van der Waals surface area contributed by atoms with Gasteiger partial charge in [-0.25, -0.2) is 5.01 Å². The van der Waals surface area contributed by atoms with E-state index in [2.05, 4.69) is 9.84 Å². The second kappa shape index (κ2) is 10.5. The minimum Gasteiger partial charge on any atom is -0.371 e. The molecule has 4 nitrogen and oxygen atoms in total. The number of nitrogens with zero attached hydrogens (tertiary/aromatic N) is 2. The molecule has 0 aliphatic carbocycles. The first-order chi connectivity index (χ1) is 15.8. The Balaban J connectivity index is 2.61. The summed E-state index contributed by atoms with van der Waals surface area (Å²) in [6.45, 7) is -0.677. The van der Waals surface area contributed by atoms with E-state index in [9.17, 15) is 57.8 Å². The van der Waals surface area contributed by atoms with E-state index >= 15 is 0 Å². The number of unbranched alkanes of at least 4 members (excludes halogenated alkanes) is 1. The summed E-state index contributed by atoms with van der Waals surface area (Å²) in [6.07, 6.45) is -27.9. The Morgan fingerprint density at radius 3 is 1.77 bits per heavy atom. The van der Waals surface area contributed by atoms with Gasteiger partial charge in [0.1, 0.15) is 0 Å². The Morgan fingerprint density at radius 2 is 1.37 bits per heavy atom. The normalized spacial score (nSPS) is 20.9. The first-order valence-electron chi connectivity index (χ1n) is 9.45. The Bertz CT molecular complexity index is 878. The zero-order valence-corrected chi connectivity index (χ0v) is 19.1. The van der Waals surface area contributed by atoms with Gasteiger partial charge in [0, 0.05) is 6.61 Å². The number of hydrogen-bond acceptors (Lipinski definition) is 4. The SMILES string of the molecule is OC1C(C(OCCCCI)C(F)(F)F)C(C(F)(F)F)=NN1c1cc(C(F)(F)F)cc(C(F)(F)F)c1. The number of benzene rings is 1. The molecular weight excluding hydrogens is 631 g/mol. The fourth-order valence-electron chi connectivity index (χ4n) is 3.17. The lowest BCUT2D eigenvalue weighted by atomic mass is 9.94. The van der Waals surface area contributed by atoms with E-state index in [1.807, 2.05) is 22.6 Å². The molecule has 0 amide bonds. The molecule has 3 unspecified atom stereocenters. The van der Waals surface area contributed by atoms with Gasteiger partial charge in [0.2, 0.25) is 0 Å². The van der Waals surface area contributed by atoms with Crippen molar-refractivity contribution in [2.45, 2.75) is 49.9 Å². The predicted octanol–water partition coefficient (Wildman–Crippen LogP) is 6.56. The molecule has 1 N–H and O–H groups in total. The van der Waals surface area contributed by atoms with Crippen LogP contribution in [0.3, 0.4) is 0 Å². The van der Waals surface area contributed by atoms with Crippen molar-refractivity contribution in [2.24, 2.45) is 11.0 Å². The van der Waals surface area contributed by atoms with Gasteiger partial charge in [-0.2, -0.15) is 57.8 Å². The largest absolute Gasteiger partial charge is 0.431 e. The average molecular weight is 646 g/mol. The van der Waals surface area contributed by atoms with E-state index in [0.29, 0.717) is 10.8 Å². The van der Waals surface area contributed by atoms with Crippen molar-refractivity contribution in [3.8, 4) is 0 Å². The van der Waals surface area contributed by atoms with Crippen molar-refractivity contribution in [3.05, 3.63) is 29.3 Å². The molecule has 0 bridgehead atoms. The number of hydrazone groups is 1. The third kappa shape index (κ3) is 7.27. The van der Waals surface area contributed by atoms with Crippen LogP contribution in [0.2, 0.25) is 0 Å². The number of aliphatic hydroxyl groups excluding tert-OH is 1. The van der Waals surface area contributed by atoms with Crippen LogP contribution in [-0.2, 0) is 17.1 Å². The lowest BCUT2D eigenvalue weighted by Gasteiger charge is -2.31. The molecular formula is C18H15F12IN2O2. The lowest BCUT2D eigenvalue weighted by Crippen LogP contribution is -2.51. The second-order valence-corrected chi connectivity index (χ2v) is 8.34. The molecule has 200 valence electrons. The van der Waals surface area contributed by atoms with Crippen molar-refractivity contribution in [3.63, 3.8) is 0 Å². The smallest absolute Gasteiger partial charge is 0.371 e. The zero-order valence-electron chi connectivity index (χ0n) is 17.0. The number of hydrogen-bond donors (Lipinski definition) is 1. The number of halogens is 13. The van der Waals surface area contributed by atoms with E-state index in [1.54, 1.807) is 0 Å². The van der Waals surface area contributed by atoms with E-state index in [-0.39, 0.29) is 29.6 Å². The van der Waals surface area contributed by atoms with Gasteiger partial charge in [0.15, 0.2) is 18.0 Å². The van der Waals surface area contributed by atoms with Crippen LogP contribution in [0, 0.1) is 5.92 Å². The molecule has 1 aliphatic heterocycles. The molecule has 1 aromatic carbocycles. The summed E-state index contributed by atoms with van der Waals surface area (Å²) < 4.78 is 165. The Kier molecular flexibility index (Phi) is 8.89. The summed E-state index contributed by atoms with van der Waals surface area (Å²) in [4.78, 5) is 0. The molecule has 1 aromatic rings. The molecule has 0 radical (unpaired) electrons. The summed E-state index contributed by atoms with van der Waals surface area (Å²) in [5.41, 5.74) is -7.56. The number of alkyl halides is 13. The molecule has 1 aliphatic rings. The molecule has 0 saturated heterocycles. The molecule has 17 heteroatoms. The van der Waals surface area contributed by atoms with Gasteiger partial charge in [0.05, 0.1) is 22.7 Å². The Morgan fingerprint density at radius 1 is 0.857 bits per heavy atom. The minimum absolute atomic E-state index is 0.00309. The number of aliphatic hydroxyl groups is 1. The van der Waals surface area contributed by atoms with Gasteiger partial charge in [-0.1, -0.05) is 22.6 Å². The van der Waals surface area contributed by atoms with Crippen molar-refractivity contribution < 1.29 is 62.5 Å². The molecule has 0 saturated carbocycles. The average Bonchev–Trinajstić information content (AvgIpc) is 3.02. The van der Waals surface area contributed by atoms with E-state index in [1.165, 1.54) is 0 Å². The van der Waals surface area contributed by atoms with Crippen LogP contribution in [0.5, 0.6) is 0 Å². The standard InChI is InChI=1S/C18H15F12IN2O2/c19-15(20,21)8-5-9(16(22,23)24)7-10(6-8)33-14(34)11(12(32-33)17(25,26)27)13(18(28,29)30)35-4-2-1-3-31/h5-7,11,13-14,34H,1-4H2. The summed E-state index contributed by atoms with van der Waals surface area (Å²) in [5, 5.41) is 12.7. The summed E-state index contributed by atoms with van der Waals surface area (Å²) in [5.74, 6) is -3.02. The minimum atomic E-state index is -5.63. The molecule has 0 spiro atoms. The van der Waals surface area contributed by atoms with Crippen LogP contribution in [-0.4, -0.2) is 46.5 Å². The van der Waals surface area contributed by atoms with Crippen molar-refractivity contribution in [2.75, 3.05) is 16.0 Å². The summed E-state index contributed by atoms with van der Waals surface area (Å²) in [7, 11) is 0. The highest BCUT2D eigenvalue weighted by atomic mass is 127. The first-order valence-corrected chi connectivity index (χ1v) is 11.0. The Hall–Kier alpha value is -1.50. The van der Waals surface area contributed by atoms with Crippen molar-refractivity contribution in [1.82, 2.24) is 0 Å². The maximum Gasteiger partial charge on any atom is 0.431 e. The maximum absolute atomic E-state index is 13.6. The molecule has 2 rings (SSSR count). The second-order valence-electron chi connectivity index (χ2n) is 7.26. The monoisotopic (exact) mass is 646 g/mol. The van der Waals surface area contributed by atoms with Crippen molar-refractivity contribution in [1.29, 1.82) is 0 Å². The third-order valence-corrected chi connectivity index (χ3v) is 5.47. The number of rotatable bonds is 7. The zero-order chi connectivity index (χ0) is 27.0. The van der Waals surface area contributed by atoms with Gasteiger partial charge in [-0.3, -0.25) is 0 Å². The van der Waals surface area contributed by atoms with Crippen LogP contribution < -0.4 is 5.01 Å². The predicted molar refractivity (Wildman–Crippen MR) is 106 cm³/mol. The van der Waals surface area contributed by atoms with Gasteiger partial charge >= 0.3 is 24.7 Å². The topological polar surface area (TPSA) is 45.1 Å². The van der Waals surface area contributed by atoms with Gasteiger partial charge in [-0.05, 0) is 35.5 Å². The summed E-state index contributed by atoms with van der Waals surface area (Å²) in [6, 6.07) is -0.475. The molecule has 35 heavy (non-hydrogen) atoms. The van der Waals surface area contributed by atoms with Crippen LogP contribution >= 0.6 is 22.6 Å². The molecule has 1 heterocycles. The first kappa shape index (κ1) is 29.7. The van der Waals surface area contributed by atoms with Crippen LogP contribution in [0.15, 0.2) is 23.3 Å².